The van der Waals surface area contributed by atoms with Gasteiger partial charge < -0.3 is 16.0 Å². The summed E-state index contributed by atoms with van der Waals surface area (Å²) < 4.78 is 39.6. The van der Waals surface area contributed by atoms with Gasteiger partial charge in [-0.3, -0.25) is 4.79 Å². The van der Waals surface area contributed by atoms with Crippen LogP contribution in [0.5, 0.6) is 0 Å². The van der Waals surface area contributed by atoms with Crippen molar-refractivity contribution in [2.75, 3.05) is 18.4 Å². The van der Waals surface area contributed by atoms with Crippen LogP contribution >= 0.6 is 0 Å². The zero-order valence-electron chi connectivity index (χ0n) is 15.2. The summed E-state index contributed by atoms with van der Waals surface area (Å²) in [6.45, 7) is 2.02. The van der Waals surface area contributed by atoms with Crippen molar-refractivity contribution < 1.29 is 22.8 Å². The molecule has 8 heteroatoms. The van der Waals surface area contributed by atoms with Crippen molar-refractivity contribution in [2.45, 2.75) is 25.2 Å². The molecule has 3 amide bonds. The second-order valence-electron chi connectivity index (χ2n) is 6.90. The number of benzene rings is 2. The average Bonchev–Trinajstić information content (AvgIpc) is 3.46. The van der Waals surface area contributed by atoms with Crippen LogP contribution in [0.3, 0.4) is 0 Å². The third kappa shape index (κ3) is 4.27. The van der Waals surface area contributed by atoms with Gasteiger partial charge in [-0.05, 0) is 43.0 Å². The average molecular weight is 391 g/mol. The molecule has 28 heavy (non-hydrogen) atoms. The molecule has 0 heterocycles. The van der Waals surface area contributed by atoms with Gasteiger partial charge in [0, 0.05) is 12.0 Å². The molecule has 2 aromatic carbocycles. The largest absolute Gasteiger partial charge is 0.337 e. The molecule has 0 atom stereocenters. The highest BCUT2D eigenvalue weighted by Crippen LogP contribution is 2.48. The van der Waals surface area contributed by atoms with Crippen LogP contribution in [0.2, 0.25) is 0 Å². The van der Waals surface area contributed by atoms with Crippen LogP contribution in [-0.4, -0.2) is 25.0 Å². The molecule has 0 aliphatic heterocycles. The molecule has 0 spiro atoms. The first-order chi connectivity index (χ1) is 13.3. The summed E-state index contributed by atoms with van der Waals surface area (Å²) in [5.74, 6) is -5.28. The molecule has 2 aromatic rings. The first-order valence-electron chi connectivity index (χ1n) is 8.83. The number of anilines is 1. The molecule has 5 nitrogen and oxygen atoms in total. The lowest BCUT2D eigenvalue weighted by atomic mass is 9.92. The summed E-state index contributed by atoms with van der Waals surface area (Å²) >= 11 is 0. The Balaban J connectivity index is 1.48. The number of rotatable bonds is 6. The minimum atomic E-state index is -1.67. The van der Waals surface area contributed by atoms with Crippen LogP contribution in [0.15, 0.2) is 36.4 Å². The van der Waals surface area contributed by atoms with Crippen LogP contribution in [0.25, 0.3) is 0 Å². The smallest absolute Gasteiger partial charge is 0.315 e. The van der Waals surface area contributed by atoms with Crippen LogP contribution in [0.4, 0.5) is 23.7 Å². The number of carbonyl (C=O) groups is 2. The molecule has 3 N–H and O–H groups in total. The summed E-state index contributed by atoms with van der Waals surface area (Å²) in [5.41, 5.74) is 1.78. The second-order valence-corrected chi connectivity index (χ2v) is 6.90. The van der Waals surface area contributed by atoms with E-state index in [9.17, 15) is 22.8 Å². The van der Waals surface area contributed by atoms with Gasteiger partial charge in [0.25, 0.3) is 0 Å². The third-order valence-electron chi connectivity index (χ3n) is 4.88. The van der Waals surface area contributed by atoms with Crippen molar-refractivity contribution in [3.63, 3.8) is 0 Å². The van der Waals surface area contributed by atoms with E-state index in [1.54, 1.807) is 0 Å². The number of hydrogen-bond donors (Lipinski definition) is 3. The summed E-state index contributed by atoms with van der Waals surface area (Å²) in [6.07, 6.45) is 1.93. The number of nitrogens with one attached hydrogen (secondary N) is 3. The Morgan fingerprint density at radius 1 is 1.00 bits per heavy atom. The molecule has 0 bridgehead atoms. The maximum Gasteiger partial charge on any atom is 0.315 e. The minimum Gasteiger partial charge on any atom is -0.337 e. The van der Waals surface area contributed by atoms with Crippen molar-refractivity contribution in [3.05, 3.63) is 65.0 Å². The van der Waals surface area contributed by atoms with Crippen molar-refractivity contribution in [1.82, 2.24) is 10.6 Å². The summed E-state index contributed by atoms with van der Waals surface area (Å²) in [4.78, 5) is 23.8. The van der Waals surface area contributed by atoms with E-state index < -0.39 is 41.6 Å². The predicted octanol–water partition coefficient (Wildman–Crippen LogP) is 3.38. The van der Waals surface area contributed by atoms with Gasteiger partial charge in [-0.25, -0.2) is 18.0 Å². The Kier molecular flexibility index (Phi) is 5.58. The first kappa shape index (κ1) is 19.7. The molecule has 3 rings (SSSR count). The molecule has 0 unspecified atom stereocenters. The van der Waals surface area contributed by atoms with E-state index in [1.165, 1.54) is 5.56 Å². The van der Waals surface area contributed by atoms with E-state index in [0.29, 0.717) is 12.6 Å². The Morgan fingerprint density at radius 3 is 2.39 bits per heavy atom. The highest BCUT2D eigenvalue weighted by atomic mass is 19.2. The SMILES string of the molecule is Cc1ccccc1C1(CNC(=O)NCC(=O)Nc2ccc(F)c(F)c2F)CC1. The van der Waals surface area contributed by atoms with Crippen molar-refractivity contribution >= 4 is 17.6 Å². The van der Waals surface area contributed by atoms with Crippen molar-refractivity contribution in [3.8, 4) is 0 Å². The van der Waals surface area contributed by atoms with Gasteiger partial charge in [-0.15, -0.1) is 0 Å². The van der Waals surface area contributed by atoms with Crippen LogP contribution in [0, 0.1) is 24.4 Å². The second kappa shape index (κ2) is 7.92. The fraction of sp³-hybridized carbons (Fsp3) is 0.300. The van der Waals surface area contributed by atoms with Crippen LogP contribution in [0.1, 0.15) is 24.0 Å². The van der Waals surface area contributed by atoms with Gasteiger partial charge in [-0.2, -0.15) is 0 Å². The number of hydrogen-bond acceptors (Lipinski definition) is 2. The molecule has 1 aliphatic rings. The summed E-state index contributed by atoms with van der Waals surface area (Å²) in [6, 6.07) is 9.07. The monoisotopic (exact) mass is 391 g/mol. The zero-order chi connectivity index (χ0) is 20.3. The third-order valence-corrected chi connectivity index (χ3v) is 4.88. The standard InChI is InChI=1S/C20H20F3N3O2/c1-12-4-2-3-5-13(12)20(8-9-20)11-25-19(28)24-10-16(27)26-15-7-6-14(21)17(22)18(15)23/h2-7H,8-11H2,1H3,(H,26,27)(H2,24,25,28). The number of aryl methyl sites for hydroxylation is 1. The van der Waals surface area contributed by atoms with E-state index in [2.05, 4.69) is 16.0 Å². The Morgan fingerprint density at radius 2 is 1.71 bits per heavy atom. The van der Waals surface area contributed by atoms with Gasteiger partial charge in [0.15, 0.2) is 17.5 Å². The molecule has 0 saturated heterocycles. The van der Waals surface area contributed by atoms with E-state index >= 15 is 0 Å². The molecule has 1 fully saturated rings. The van der Waals surface area contributed by atoms with E-state index in [4.69, 9.17) is 0 Å². The van der Waals surface area contributed by atoms with Gasteiger partial charge in [0.2, 0.25) is 5.91 Å². The molecule has 1 aliphatic carbocycles. The van der Waals surface area contributed by atoms with E-state index in [1.807, 2.05) is 31.2 Å². The predicted molar refractivity (Wildman–Crippen MR) is 98.4 cm³/mol. The minimum absolute atomic E-state index is 0.0836. The Hall–Kier alpha value is -3.03. The molecular formula is C20H20F3N3O2. The number of urea groups is 1. The molecule has 148 valence electrons. The Labute approximate surface area is 160 Å². The van der Waals surface area contributed by atoms with Crippen molar-refractivity contribution in [1.29, 1.82) is 0 Å². The normalized spacial score (nSPS) is 14.3. The molecule has 0 aromatic heterocycles. The fourth-order valence-corrected chi connectivity index (χ4v) is 3.15. The van der Waals surface area contributed by atoms with E-state index in [0.717, 1.165) is 24.5 Å². The lowest BCUT2D eigenvalue weighted by molar-refractivity contribution is -0.115. The van der Waals surface area contributed by atoms with Gasteiger partial charge in [-0.1, -0.05) is 24.3 Å². The maximum absolute atomic E-state index is 13.5. The number of amides is 3. The van der Waals surface area contributed by atoms with Gasteiger partial charge in [0.1, 0.15) is 0 Å². The summed E-state index contributed by atoms with van der Waals surface area (Å²) in [5, 5.41) is 7.20. The highest BCUT2D eigenvalue weighted by molar-refractivity contribution is 5.94. The van der Waals surface area contributed by atoms with Gasteiger partial charge >= 0.3 is 6.03 Å². The molecular weight excluding hydrogens is 371 g/mol. The number of halogens is 3. The summed E-state index contributed by atoms with van der Waals surface area (Å²) in [7, 11) is 0. The zero-order valence-corrected chi connectivity index (χ0v) is 15.2. The lowest BCUT2D eigenvalue weighted by Crippen LogP contribution is -2.43. The van der Waals surface area contributed by atoms with Crippen molar-refractivity contribution in [2.24, 2.45) is 0 Å². The van der Waals surface area contributed by atoms with Crippen LogP contribution < -0.4 is 16.0 Å². The van der Waals surface area contributed by atoms with Crippen LogP contribution in [-0.2, 0) is 10.2 Å². The molecule has 1 saturated carbocycles. The number of carbonyl (C=O) groups excluding carboxylic acids is 2. The van der Waals surface area contributed by atoms with Gasteiger partial charge in [0.05, 0.1) is 12.2 Å². The first-order valence-corrected chi connectivity index (χ1v) is 8.83. The highest BCUT2D eigenvalue weighted by Gasteiger charge is 2.45. The fourth-order valence-electron chi connectivity index (χ4n) is 3.15. The quantitative estimate of drug-likeness (QED) is 0.661. The Bertz CT molecular complexity index is 914. The maximum atomic E-state index is 13.5. The van der Waals surface area contributed by atoms with E-state index in [-0.39, 0.29) is 5.41 Å². The lowest BCUT2D eigenvalue weighted by Gasteiger charge is -2.19. The topological polar surface area (TPSA) is 70.2 Å². The molecule has 0 radical (unpaired) electrons.